The molecule has 6 heteroatoms. The molecule has 2 aromatic carbocycles. The van der Waals surface area contributed by atoms with Crippen LogP contribution in [0.2, 0.25) is 0 Å². The molecule has 35 heavy (non-hydrogen) atoms. The number of amides is 2. The van der Waals surface area contributed by atoms with Crippen molar-refractivity contribution in [2.24, 2.45) is 11.8 Å². The Balaban J connectivity index is 1.54. The summed E-state index contributed by atoms with van der Waals surface area (Å²) in [6.07, 6.45) is 5.73. The van der Waals surface area contributed by atoms with Crippen molar-refractivity contribution >= 4 is 22.7 Å². The van der Waals surface area contributed by atoms with Crippen molar-refractivity contribution in [2.75, 3.05) is 26.7 Å². The molecule has 0 atom stereocenters. The van der Waals surface area contributed by atoms with Crippen LogP contribution in [0.25, 0.3) is 10.9 Å². The van der Waals surface area contributed by atoms with E-state index in [2.05, 4.69) is 31.0 Å². The van der Waals surface area contributed by atoms with Crippen molar-refractivity contribution in [3.63, 3.8) is 0 Å². The summed E-state index contributed by atoms with van der Waals surface area (Å²) < 4.78 is 5.55. The van der Waals surface area contributed by atoms with E-state index in [9.17, 15) is 9.59 Å². The lowest BCUT2D eigenvalue weighted by Gasteiger charge is -2.34. The van der Waals surface area contributed by atoms with Gasteiger partial charge in [-0.25, -0.2) is 0 Å². The number of ether oxygens (including phenoxy) is 1. The van der Waals surface area contributed by atoms with E-state index in [1.165, 1.54) is 10.9 Å². The highest BCUT2D eigenvalue weighted by Gasteiger charge is 2.31. The molecule has 1 fully saturated rings. The third-order valence-electron chi connectivity index (χ3n) is 6.91. The van der Waals surface area contributed by atoms with Crippen LogP contribution in [-0.2, 0) is 22.6 Å². The van der Waals surface area contributed by atoms with Gasteiger partial charge < -0.3 is 19.5 Å². The van der Waals surface area contributed by atoms with Crippen LogP contribution in [0.15, 0.2) is 54.7 Å². The Morgan fingerprint density at radius 3 is 2.49 bits per heavy atom. The Morgan fingerprint density at radius 1 is 1.03 bits per heavy atom. The Morgan fingerprint density at radius 2 is 1.77 bits per heavy atom. The maximum atomic E-state index is 13.7. The Hall–Kier alpha value is -3.28. The van der Waals surface area contributed by atoms with Crippen molar-refractivity contribution in [2.45, 2.75) is 46.1 Å². The van der Waals surface area contributed by atoms with Crippen LogP contribution in [0.4, 0.5) is 0 Å². The summed E-state index contributed by atoms with van der Waals surface area (Å²) in [7, 11) is 1.65. The van der Waals surface area contributed by atoms with Crippen molar-refractivity contribution in [1.82, 2.24) is 14.8 Å². The minimum absolute atomic E-state index is 0.0240. The summed E-state index contributed by atoms with van der Waals surface area (Å²) in [5, 5.41) is 1.18. The largest absolute Gasteiger partial charge is 0.496 e. The molecule has 3 aromatic rings. The molecule has 0 unspecified atom stereocenters. The summed E-state index contributed by atoms with van der Waals surface area (Å²) in [6.45, 7) is 5.91. The van der Waals surface area contributed by atoms with Crippen LogP contribution >= 0.6 is 0 Å². The van der Waals surface area contributed by atoms with Gasteiger partial charge in [0, 0.05) is 48.2 Å². The summed E-state index contributed by atoms with van der Waals surface area (Å²) in [5.74, 6) is 1.26. The molecule has 4 rings (SSSR count). The predicted molar refractivity (Wildman–Crippen MR) is 139 cm³/mol. The van der Waals surface area contributed by atoms with Crippen LogP contribution in [0.5, 0.6) is 5.75 Å². The number of aromatic amines is 1. The van der Waals surface area contributed by atoms with Crippen LogP contribution in [0, 0.1) is 11.8 Å². The summed E-state index contributed by atoms with van der Waals surface area (Å²) in [6, 6.07) is 16.0. The van der Waals surface area contributed by atoms with Gasteiger partial charge in [0.05, 0.1) is 13.7 Å². The normalized spacial score (nSPS) is 13.6. The van der Waals surface area contributed by atoms with Gasteiger partial charge in [-0.05, 0) is 42.9 Å². The van der Waals surface area contributed by atoms with E-state index in [0.29, 0.717) is 25.6 Å². The lowest BCUT2D eigenvalue weighted by atomic mass is 9.84. The number of nitrogens with one attached hydrogen (secondary N) is 1. The Kier molecular flexibility index (Phi) is 8.11. The fourth-order valence-corrected chi connectivity index (χ4v) is 4.77. The maximum absolute atomic E-state index is 13.7. The van der Waals surface area contributed by atoms with Gasteiger partial charge in [-0.3, -0.25) is 9.59 Å². The first kappa shape index (κ1) is 24.8. The van der Waals surface area contributed by atoms with Gasteiger partial charge in [0.25, 0.3) is 0 Å². The average molecular weight is 476 g/mol. The first-order valence-corrected chi connectivity index (χ1v) is 12.7. The molecule has 1 aliphatic carbocycles. The van der Waals surface area contributed by atoms with Crippen molar-refractivity contribution in [1.29, 1.82) is 0 Å². The summed E-state index contributed by atoms with van der Waals surface area (Å²) in [5.41, 5.74) is 3.24. The highest BCUT2D eigenvalue weighted by Crippen LogP contribution is 2.29. The number of benzene rings is 2. The highest BCUT2D eigenvalue weighted by molar-refractivity contribution is 5.86. The number of carbonyl (C=O) groups excluding carboxylic acids is 2. The van der Waals surface area contributed by atoms with Crippen LogP contribution in [-0.4, -0.2) is 53.3 Å². The van der Waals surface area contributed by atoms with Crippen LogP contribution in [0.3, 0.4) is 0 Å². The van der Waals surface area contributed by atoms with Gasteiger partial charge in [0.1, 0.15) is 5.75 Å². The number of fused-ring (bicyclic) bond motifs is 1. The molecule has 1 aromatic heterocycles. The third-order valence-corrected chi connectivity index (χ3v) is 6.91. The molecule has 0 saturated heterocycles. The van der Waals surface area contributed by atoms with Gasteiger partial charge in [0.2, 0.25) is 11.8 Å². The number of rotatable bonds is 11. The van der Waals surface area contributed by atoms with E-state index in [4.69, 9.17) is 4.74 Å². The zero-order chi connectivity index (χ0) is 24.8. The van der Waals surface area contributed by atoms with Crippen molar-refractivity contribution < 1.29 is 14.3 Å². The minimum atomic E-state index is -0.0240. The number of methoxy groups -OCH3 is 1. The molecule has 1 saturated carbocycles. The van der Waals surface area contributed by atoms with E-state index in [0.717, 1.165) is 42.5 Å². The zero-order valence-corrected chi connectivity index (χ0v) is 21.1. The molecule has 0 spiro atoms. The highest BCUT2D eigenvalue weighted by atomic mass is 16.5. The van der Waals surface area contributed by atoms with Crippen LogP contribution in [0.1, 0.15) is 44.2 Å². The fourth-order valence-electron chi connectivity index (χ4n) is 4.77. The molecule has 2 amide bonds. The summed E-state index contributed by atoms with van der Waals surface area (Å²) in [4.78, 5) is 33.8. The van der Waals surface area contributed by atoms with E-state index in [1.807, 2.05) is 47.5 Å². The topological polar surface area (TPSA) is 65.6 Å². The van der Waals surface area contributed by atoms with Gasteiger partial charge in [-0.2, -0.15) is 0 Å². The smallest absolute Gasteiger partial charge is 0.242 e. The monoisotopic (exact) mass is 475 g/mol. The molecule has 6 nitrogen and oxygen atoms in total. The van der Waals surface area contributed by atoms with E-state index in [-0.39, 0.29) is 24.3 Å². The van der Waals surface area contributed by atoms with Crippen LogP contribution < -0.4 is 4.74 Å². The summed E-state index contributed by atoms with van der Waals surface area (Å²) >= 11 is 0. The molecule has 0 bridgehead atoms. The third kappa shape index (κ3) is 6.05. The second-order valence-electron chi connectivity index (χ2n) is 9.98. The molecule has 1 aliphatic rings. The molecule has 1 N–H and O–H groups in total. The number of H-pyrrole nitrogens is 1. The van der Waals surface area contributed by atoms with Gasteiger partial charge >= 0.3 is 0 Å². The number of nitrogens with zero attached hydrogens (tertiary/aromatic N) is 2. The molecular weight excluding hydrogens is 438 g/mol. The quantitative estimate of drug-likeness (QED) is 0.423. The number of hydrogen-bond donors (Lipinski definition) is 1. The lowest BCUT2D eigenvalue weighted by molar-refractivity contribution is -0.145. The number of aromatic nitrogens is 1. The van der Waals surface area contributed by atoms with Gasteiger partial charge in [-0.1, -0.05) is 56.7 Å². The average Bonchev–Trinajstić information content (AvgIpc) is 3.23. The Labute approximate surface area is 208 Å². The number of hydrogen-bond acceptors (Lipinski definition) is 3. The molecular formula is C29H37N3O3. The Bertz CT molecular complexity index is 1150. The predicted octanol–water partition coefficient (Wildman–Crippen LogP) is 5.03. The zero-order valence-electron chi connectivity index (χ0n) is 21.1. The molecule has 0 radical (unpaired) electrons. The maximum Gasteiger partial charge on any atom is 0.242 e. The first-order chi connectivity index (χ1) is 17.0. The number of para-hydroxylation sites is 2. The standard InChI is InChI=1S/C29H37N3O3/c1-21(2)18-32(29(34)22-10-8-11-22)20-28(33)31(19-24-9-4-7-14-27(24)35-3)16-15-23-17-30-26-13-6-5-12-25(23)26/h4-7,9,12-14,17,21-22,30H,8,10-11,15-16,18-20H2,1-3H3. The minimum Gasteiger partial charge on any atom is -0.496 e. The van der Waals surface area contributed by atoms with Gasteiger partial charge in [-0.15, -0.1) is 0 Å². The van der Waals surface area contributed by atoms with Crippen molar-refractivity contribution in [3.05, 3.63) is 65.9 Å². The second kappa shape index (κ2) is 11.4. The van der Waals surface area contributed by atoms with Gasteiger partial charge in [0.15, 0.2) is 0 Å². The molecule has 0 aliphatic heterocycles. The fraction of sp³-hybridized carbons (Fsp3) is 0.448. The first-order valence-electron chi connectivity index (χ1n) is 12.7. The SMILES string of the molecule is COc1ccccc1CN(CCc1c[nH]c2ccccc12)C(=O)CN(CC(C)C)C(=O)C1CCC1. The second-order valence-corrected chi connectivity index (χ2v) is 9.98. The van der Waals surface area contributed by atoms with Crippen molar-refractivity contribution in [3.8, 4) is 5.75 Å². The van der Waals surface area contributed by atoms with E-state index in [1.54, 1.807) is 12.0 Å². The number of carbonyl (C=O) groups is 2. The molecule has 186 valence electrons. The molecule has 1 heterocycles. The van der Waals surface area contributed by atoms with E-state index < -0.39 is 0 Å². The lowest BCUT2D eigenvalue weighted by Crippen LogP contribution is -2.47. The van der Waals surface area contributed by atoms with E-state index >= 15 is 0 Å².